The Morgan fingerprint density at radius 3 is 1.54 bits per heavy atom. The van der Waals surface area contributed by atoms with Crippen LogP contribution in [0.5, 0.6) is 0 Å². The number of carbonyl (C=O) groups excluding carboxylic acids is 4. The summed E-state index contributed by atoms with van der Waals surface area (Å²) in [5.74, 6) is -5.21. The number of benzene rings is 4. The van der Waals surface area contributed by atoms with Crippen LogP contribution in [0.3, 0.4) is 0 Å². The minimum absolute atomic E-state index is 0.0993. The first-order valence-electron chi connectivity index (χ1n) is 28.1. The van der Waals surface area contributed by atoms with E-state index in [1.165, 1.54) is 67.2 Å². The fourth-order valence-corrected chi connectivity index (χ4v) is 12.9. The smallest absolute Gasteiger partial charge is 0.338 e. The van der Waals surface area contributed by atoms with Gasteiger partial charge >= 0.3 is 35.9 Å². The van der Waals surface area contributed by atoms with Crippen LogP contribution in [0.4, 0.5) is 34.1 Å². The first-order chi connectivity index (χ1) is 43.4. The number of anilines is 2. The zero-order valence-corrected chi connectivity index (χ0v) is 50.4. The molecule has 2 aromatic heterocycles. The highest BCUT2D eigenvalue weighted by Gasteiger charge is 2.44. The van der Waals surface area contributed by atoms with Gasteiger partial charge in [0.1, 0.15) is 17.9 Å². The number of hydrogen-bond acceptors (Lipinski definition) is 18. The van der Waals surface area contributed by atoms with Crippen molar-refractivity contribution in [2.24, 2.45) is 9.98 Å². The number of urea groups is 2. The minimum atomic E-state index is -1.05. The van der Waals surface area contributed by atoms with Crippen LogP contribution in [0.25, 0.3) is 12.2 Å². The third-order valence-corrected chi connectivity index (χ3v) is 17.7. The van der Waals surface area contributed by atoms with E-state index < -0.39 is 53.4 Å². The highest BCUT2D eigenvalue weighted by molar-refractivity contribution is 7.12. The third-order valence-electron chi connectivity index (χ3n) is 15.8. The van der Waals surface area contributed by atoms with Crippen LogP contribution in [0, 0.1) is 17.5 Å². The van der Waals surface area contributed by atoms with Crippen LogP contribution in [0.2, 0.25) is 5.02 Å². The number of piperazine rings is 2. The summed E-state index contributed by atoms with van der Waals surface area (Å²) in [7, 11) is 2.53. The second-order valence-corrected chi connectivity index (χ2v) is 23.4. The number of amides is 4. The first kappa shape index (κ1) is 62.1. The van der Waals surface area contributed by atoms with Gasteiger partial charge in [-0.3, -0.25) is 29.6 Å². The molecule has 0 unspecified atom stereocenters. The van der Waals surface area contributed by atoms with Gasteiger partial charge in [-0.15, -0.1) is 22.7 Å². The standard InChI is InChI=1S/C31H28ClFN6O5S.C31H28F2N6O5S/c1-44-30(42)25-23(35-28(29-34-11-14-45-29)36-27(25)21-3-2-4-22(33)26(21)32)17-37-12-13-38-20(15-37)16-39(31(38)43)19-8-5-18(6-9-19)7-10-24(40)41;1-44-30(42)26-24(35-28(29-34-10-13-45-29)36-27(26)19-5-8-22(32)23(33)14-19)17-37-11-12-38-21(15-37)16-39(31(38)43)20-6-2-18(3-7-20)4-9-25(40)41/h2-11,14,20,27H,12-13,15-17H2,1H3,(H,35,36)(H,40,41);2-10,13-14,21,27H,11-12,15-17H2,1H3,(H,35,36)(H,40,41)/b10-7+;9-4+/t20-,27-;21-,27-/m00/s1. The van der Waals surface area contributed by atoms with Gasteiger partial charge in [0, 0.05) is 129 Å². The monoisotopic (exact) mass is 1280 g/mol. The number of aliphatic carboxylic acids is 2. The summed E-state index contributed by atoms with van der Waals surface area (Å²) in [6.07, 6.45) is 8.37. The number of methoxy groups -OCH3 is 2. The Morgan fingerprint density at radius 1 is 0.622 bits per heavy atom. The molecular weight excluding hydrogens is 1230 g/mol. The van der Waals surface area contributed by atoms with Crippen molar-refractivity contribution in [3.63, 3.8) is 0 Å². The van der Waals surface area contributed by atoms with E-state index in [4.69, 9.17) is 36.3 Å². The van der Waals surface area contributed by atoms with E-state index in [1.54, 1.807) is 82.2 Å². The Hall–Kier alpha value is -9.54. The molecule has 6 aromatic rings. The molecule has 4 aromatic carbocycles. The molecule has 4 saturated heterocycles. The molecular formula is C62H56ClF3N12O10S2. The van der Waals surface area contributed by atoms with Crippen LogP contribution in [0.1, 0.15) is 44.4 Å². The maximum atomic E-state index is 14.6. The number of nitrogens with zero attached hydrogens (tertiary/aromatic N) is 10. The predicted octanol–water partition coefficient (Wildman–Crippen LogP) is 7.84. The second-order valence-electron chi connectivity index (χ2n) is 21.2. The molecule has 28 heteroatoms. The summed E-state index contributed by atoms with van der Waals surface area (Å²) in [5.41, 5.74) is 4.88. The number of hydrogen-bond donors (Lipinski definition) is 4. The van der Waals surface area contributed by atoms with Gasteiger partial charge in [-0.1, -0.05) is 54.1 Å². The molecule has 0 saturated carbocycles. The Labute approximate surface area is 525 Å². The number of carboxylic acid groups (broad SMARTS) is 2. The van der Waals surface area contributed by atoms with E-state index in [9.17, 15) is 41.9 Å². The topological polar surface area (TPSA) is 255 Å². The number of carbonyl (C=O) groups is 6. The average Bonchev–Trinajstić information content (AvgIpc) is 1.75. The number of nitrogens with one attached hydrogen (secondary N) is 2. The van der Waals surface area contributed by atoms with Crippen molar-refractivity contribution in [1.82, 2.24) is 40.2 Å². The fraction of sp³-hybridized carbons (Fsp3) is 0.258. The van der Waals surface area contributed by atoms with Crippen LogP contribution in [-0.4, -0.2) is 179 Å². The number of esters is 2. The number of ether oxygens (including phenoxy) is 2. The molecule has 0 radical (unpaired) electrons. The first-order valence-corrected chi connectivity index (χ1v) is 30.2. The van der Waals surface area contributed by atoms with E-state index in [2.05, 4.69) is 35.4 Å². The summed E-state index contributed by atoms with van der Waals surface area (Å²) in [5, 5.41) is 28.9. The van der Waals surface area contributed by atoms with Gasteiger partial charge in [-0.2, -0.15) is 0 Å². The number of fused-ring (bicyclic) bond motifs is 2. The SMILES string of the molecule is COC(=O)C1=C(CN2CCN3C(=O)N(c4ccc(/C=C/C(=O)O)cc4)C[C@@H]3C2)NC(c2nccs2)=N[C@H]1c1ccc(F)c(F)c1.COC(=O)C1=C(CN2CCN3C(=O)N(c4ccc(/C=C/C(=O)O)cc4)C[C@@H]3C2)NC(c2nccs2)=N[C@H]1c1cccc(F)c1Cl. The van der Waals surface area contributed by atoms with Crippen molar-refractivity contribution in [2.75, 3.05) is 89.5 Å². The number of carboxylic acids is 2. The summed E-state index contributed by atoms with van der Waals surface area (Å²) < 4.78 is 53.0. The van der Waals surface area contributed by atoms with Crippen molar-refractivity contribution >= 4 is 105 Å². The molecule has 0 bridgehead atoms. The summed E-state index contributed by atoms with van der Waals surface area (Å²) >= 11 is 9.11. The number of thiazole rings is 2. The normalized spacial score (nSPS) is 20.3. The van der Waals surface area contributed by atoms with Crippen molar-refractivity contribution < 1.29 is 61.6 Å². The lowest BCUT2D eigenvalue weighted by molar-refractivity contribution is -0.137. The van der Waals surface area contributed by atoms with E-state index in [0.29, 0.717) is 114 Å². The molecule has 6 aliphatic rings. The van der Waals surface area contributed by atoms with Crippen LogP contribution in [0.15, 0.2) is 153 Å². The Balaban J connectivity index is 0.000000185. The molecule has 464 valence electrons. The minimum Gasteiger partial charge on any atom is -0.478 e. The number of halogens is 4. The molecule has 4 fully saturated rings. The predicted molar refractivity (Wildman–Crippen MR) is 330 cm³/mol. The summed E-state index contributed by atoms with van der Waals surface area (Å²) in [6.45, 7) is 4.55. The van der Waals surface area contributed by atoms with Gasteiger partial charge in [0.15, 0.2) is 33.3 Å². The summed E-state index contributed by atoms with van der Waals surface area (Å²) in [6, 6.07) is 19.7. The van der Waals surface area contributed by atoms with Crippen LogP contribution < -0.4 is 20.4 Å². The maximum absolute atomic E-state index is 14.6. The largest absolute Gasteiger partial charge is 0.478 e. The van der Waals surface area contributed by atoms with E-state index >= 15 is 0 Å². The van der Waals surface area contributed by atoms with Crippen molar-refractivity contribution in [3.05, 3.63) is 198 Å². The molecule has 12 rings (SSSR count). The highest BCUT2D eigenvalue weighted by Crippen LogP contribution is 2.39. The van der Waals surface area contributed by atoms with E-state index in [0.717, 1.165) is 30.0 Å². The number of amidine groups is 2. The molecule has 4 amide bonds. The second kappa shape index (κ2) is 27.1. The quantitative estimate of drug-likeness (QED) is 0.0532. The van der Waals surface area contributed by atoms with Gasteiger partial charge in [-0.25, -0.2) is 51.9 Å². The molecule has 4 atom stereocenters. The van der Waals surface area contributed by atoms with E-state index in [1.807, 2.05) is 15.2 Å². The molecule has 90 heavy (non-hydrogen) atoms. The Kier molecular flexibility index (Phi) is 18.7. The van der Waals surface area contributed by atoms with Gasteiger partial charge < -0.3 is 40.1 Å². The lowest BCUT2D eigenvalue weighted by Crippen LogP contribution is -2.53. The lowest BCUT2D eigenvalue weighted by Gasteiger charge is -2.38. The van der Waals surface area contributed by atoms with Crippen molar-refractivity contribution in [3.8, 4) is 0 Å². The maximum Gasteiger partial charge on any atom is 0.338 e. The third kappa shape index (κ3) is 13.4. The Bertz CT molecular complexity index is 3960. The van der Waals surface area contributed by atoms with Gasteiger partial charge in [0.05, 0.1) is 42.5 Å². The lowest BCUT2D eigenvalue weighted by atomic mass is 9.95. The molecule has 0 aliphatic carbocycles. The number of aromatic nitrogens is 2. The zero-order chi connectivity index (χ0) is 63.3. The number of aliphatic imine (C=N–C) groups is 2. The van der Waals surface area contributed by atoms with Crippen molar-refractivity contribution in [1.29, 1.82) is 0 Å². The molecule has 22 nitrogen and oxygen atoms in total. The molecule has 8 heterocycles. The Morgan fingerprint density at radius 2 is 1.10 bits per heavy atom. The van der Waals surface area contributed by atoms with Crippen molar-refractivity contribution in [2.45, 2.75) is 24.2 Å². The van der Waals surface area contributed by atoms with E-state index in [-0.39, 0.29) is 52.4 Å². The molecule has 0 spiro atoms. The van der Waals surface area contributed by atoms with Gasteiger partial charge in [-0.05, 0) is 71.3 Å². The number of rotatable bonds is 16. The van der Waals surface area contributed by atoms with Gasteiger partial charge in [0.25, 0.3) is 0 Å². The summed E-state index contributed by atoms with van der Waals surface area (Å²) in [4.78, 5) is 104. The molecule has 6 aliphatic heterocycles. The molecule has 4 N–H and O–H groups in total. The zero-order valence-electron chi connectivity index (χ0n) is 48.0. The van der Waals surface area contributed by atoms with Gasteiger partial charge in [0.2, 0.25) is 0 Å². The fourth-order valence-electron chi connectivity index (χ4n) is 11.5. The highest BCUT2D eigenvalue weighted by atomic mass is 35.5. The van der Waals surface area contributed by atoms with Crippen LogP contribution in [-0.2, 0) is 28.7 Å². The van der Waals surface area contributed by atoms with Crippen LogP contribution >= 0.6 is 34.3 Å². The average molecular weight is 1290 g/mol.